The van der Waals surface area contributed by atoms with Crippen LogP contribution in [0, 0.1) is 0 Å². The van der Waals surface area contributed by atoms with Crippen molar-refractivity contribution in [3.05, 3.63) is 80.8 Å². The molecule has 1 fully saturated rings. The van der Waals surface area contributed by atoms with Crippen LogP contribution in [0.5, 0.6) is 0 Å². The smallest absolute Gasteiger partial charge is 0.347 e. The third-order valence-corrected chi connectivity index (χ3v) is 9.43. The van der Waals surface area contributed by atoms with Crippen molar-refractivity contribution in [2.75, 3.05) is 13.6 Å². The summed E-state index contributed by atoms with van der Waals surface area (Å²) >= 11 is 2.87. The van der Waals surface area contributed by atoms with E-state index in [9.17, 15) is 14.7 Å². The van der Waals surface area contributed by atoms with Crippen molar-refractivity contribution in [2.45, 2.75) is 56.4 Å². The minimum atomic E-state index is -1.43. The van der Waals surface area contributed by atoms with E-state index in [0.717, 1.165) is 72.1 Å². The Kier molecular flexibility index (Phi) is 7.90. The van der Waals surface area contributed by atoms with Crippen LogP contribution < -0.4 is 0 Å². The number of aryl methyl sites for hydroxylation is 1. The number of benzene rings is 1. The van der Waals surface area contributed by atoms with E-state index in [2.05, 4.69) is 28.8 Å². The van der Waals surface area contributed by atoms with E-state index in [1.807, 2.05) is 53.2 Å². The first kappa shape index (κ1) is 25.9. The van der Waals surface area contributed by atoms with Crippen LogP contribution in [-0.2, 0) is 21.7 Å². The average molecular weight is 537 g/mol. The number of carboxylic acid groups (broad SMARTS) is 1. The molecule has 194 valence electrons. The van der Waals surface area contributed by atoms with Crippen LogP contribution in [-0.4, -0.2) is 52.6 Å². The molecule has 8 heteroatoms. The first-order valence-corrected chi connectivity index (χ1v) is 14.5. The monoisotopic (exact) mass is 536 g/mol. The molecule has 0 atom stereocenters. The van der Waals surface area contributed by atoms with Crippen molar-refractivity contribution in [2.24, 2.45) is 0 Å². The second-order valence-electron chi connectivity index (χ2n) is 9.77. The van der Waals surface area contributed by atoms with Gasteiger partial charge in [0.2, 0.25) is 5.60 Å². The highest BCUT2D eigenvalue weighted by atomic mass is 32.1. The second kappa shape index (κ2) is 11.3. The number of thiophene rings is 2. The standard InChI is InChI=1S/C29H32N2O4S2/c1-30(14-4-15-31-16-13-22-19-21(20-32)7-12-25(22)31)23-8-10-24(11-9-23)35-29(28(33)34,26-5-2-17-36-26)27-6-3-18-37-27/h2-3,5-7,12-13,16-20,23-24H,4,8-11,14-15H2,1H3,(H,33,34). The number of rotatable bonds is 11. The van der Waals surface area contributed by atoms with Gasteiger partial charge in [-0.1, -0.05) is 12.1 Å². The number of aromatic nitrogens is 1. The number of hydrogen-bond donors (Lipinski definition) is 1. The van der Waals surface area contributed by atoms with Crippen LogP contribution >= 0.6 is 22.7 Å². The van der Waals surface area contributed by atoms with E-state index in [1.165, 1.54) is 22.7 Å². The van der Waals surface area contributed by atoms with Gasteiger partial charge in [-0.3, -0.25) is 4.79 Å². The SMILES string of the molecule is CN(CCCn1ccc2cc(C=O)ccc21)C1CCC(OC(C(=O)O)(c2cccs2)c2cccs2)CC1. The molecular formula is C29H32N2O4S2. The van der Waals surface area contributed by atoms with Crippen molar-refractivity contribution < 1.29 is 19.4 Å². The highest BCUT2D eigenvalue weighted by molar-refractivity contribution is 7.12. The zero-order chi connectivity index (χ0) is 25.8. The summed E-state index contributed by atoms with van der Waals surface area (Å²) in [4.78, 5) is 27.6. The van der Waals surface area contributed by atoms with Gasteiger partial charge < -0.3 is 19.3 Å². The van der Waals surface area contributed by atoms with Crippen LogP contribution in [0.15, 0.2) is 65.5 Å². The molecule has 3 heterocycles. The van der Waals surface area contributed by atoms with Gasteiger partial charge in [0.1, 0.15) is 6.29 Å². The van der Waals surface area contributed by atoms with E-state index in [0.29, 0.717) is 11.6 Å². The highest BCUT2D eigenvalue weighted by Gasteiger charge is 2.48. The minimum absolute atomic E-state index is 0.0903. The number of nitrogens with zero attached hydrogens (tertiary/aromatic N) is 2. The van der Waals surface area contributed by atoms with Gasteiger partial charge in [0.15, 0.2) is 0 Å². The summed E-state index contributed by atoms with van der Waals surface area (Å²) in [6.07, 6.45) is 7.61. The zero-order valence-corrected chi connectivity index (χ0v) is 22.5. The summed E-state index contributed by atoms with van der Waals surface area (Å²) in [7, 11) is 2.19. The molecule has 0 unspecified atom stereocenters. The quantitative estimate of drug-likeness (QED) is 0.229. The predicted molar refractivity (Wildman–Crippen MR) is 149 cm³/mol. The number of ether oxygens (including phenoxy) is 1. The van der Waals surface area contributed by atoms with Crippen molar-refractivity contribution in [1.29, 1.82) is 0 Å². The molecule has 0 bridgehead atoms. The summed E-state index contributed by atoms with van der Waals surface area (Å²) in [5.41, 5.74) is 0.429. The zero-order valence-electron chi connectivity index (χ0n) is 20.9. The Morgan fingerprint density at radius 2 is 1.81 bits per heavy atom. The molecular weight excluding hydrogens is 504 g/mol. The molecule has 6 nitrogen and oxygen atoms in total. The van der Waals surface area contributed by atoms with Gasteiger partial charge in [-0.2, -0.15) is 0 Å². The van der Waals surface area contributed by atoms with E-state index < -0.39 is 11.6 Å². The van der Waals surface area contributed by atoms with Crippen LogP contribution in [0.1, 0.15) is 52.2 Å². The molecule has 0 saturated heterocycles. The van der Waals surface area contributed by atoms with Crippen molar-refractivity contribution in [3.8, 4) is 0 Å². The molecule has 0 aliphatic heterocycles. The summed E-state index contributed by atoms with van der Waals surface area (Å²) in [5, 5.41) is 15.3. The molecule has 37 heavy (non-hydrogen) atoms. The lowest BCUT2D eigenvalue weighted by molar-refractivity contribution is -0.170. The Bertz CT molecular complexity index is 1290. The van der Waals surface area contributed by atoms with E-state index in [1.54, 1.807) is 0 Å². The third-order valence-electron chi connectivity index (χ3n) is 7.49. The molecule has 1 aromatic carbocycles. The van der Waals surface area contributed by atoms with E-state index in [4.69, 9.17) is 4.74 Å². The fourth-order valence-electron chi connectivity index (χ4n) is 5.47. The largest absolute Gasteiger partial charge is 0.479 e. The summed E-state index contributed by atoms with van der Waals surface area (Å²) in [5.74, 6) is -0.948. The summed E-state index contributed by atoms with van der Waals surface area (Å²) in [6, 6.07) is 15.9. The Morgan fingerprint density at radius 3 is 2.41 bits per heavy atom. The summed E-state index contributed by atoms with van der Waals surface area (Å²) in [6.45, 7) is 1.92. The molecule has 1 aliphatic carbocycles. The van der Waals surface area contributed by atoms with Gasteiger partial charge in [0, 0.05) is 35.2 Å². The van der Waals surface area contributed by atoms with Crippen LogP contribution in [0.25, 0.3) is 10.9 Å². The van der Waals surface area contributed by atoms with Crippen molar-refractivity contribution >= 4 is 45.8 Å². The maximum absolute atomic E-state index is 12.7. The van der Waals surface area contributed by atoms with Crippen LogP contribution in [0.2, 0.25) is 0 Å². The lowest BCUT2D eigenvalue weighted by Crippen LogP contribution is -2.44. The Balaban J connectivity index is 1.16. The van der Waals surface area contributed by atoms with Crippen LogP contribution in [0.4, 0.5) is 0 Å². The fourth-order valence-corrected chi connectivity index (χ4v) is 7.28. The Labute approximate surface area is 225 Å². The number of carboxylic acids is 1. The Morgan fingerprint density at radius 1 is 1.11 bits per heavy atom. The van der Waals surface area contributed by atoms with E-state index in [-0.39, 0.29) is 6.10 Å². The van der Waals surface area contributed by atoms with Gasteiger partial charge in [-0.05, 0) is 92.9 Å². The van der Waals surface area contributed by atoms with Gasteiger partial charge in [-0.15, -0.1) is 22.7 Å². The number of carbonyl (C=O) groups excluding carboxylic acids is 1. The van der Waals surface area contributed by atoms with Gasteiger partial charge in [-0.25, -0.2) is 4.79 Å². The van der Waals surface area contributed by atoms with Gasteiger partial charge >= 0.3 is 5.97 Å². The van der Waals surface area contributed by atoms with Gasteiger partial charge in [0.25, 0.3) is 0 Å². The first-order chi connectivity index (χ1) is 18.0. The number of hydrogen-bond acceptors (Lipinski definition) is 6. The lowest BCUT2D eigenvalue weighted by Gasteiger charge is -2.38. The number of fused-ring (bicyclic) bond motifs is 1. The maximum atomic E-state index is 12.7. The second-order valence-corrected chi connectivity index (χ2v) is 11.7. The fraction of sp³-hybridized carbons (Fsp3) is 0.379. The normalized spacial score (nSPS) is 18.4. The minimum Gasteiger partial charge on any atom is -0.479 e. The lowest BCUT2D eigenvalue weighted by atomic mass is 9.90. The first-order valence-electron chi connectivity index (χ1n) is 12.7. The molecule has 0 radical (unpaired) electrons. The Hall–Kier alpha value is -2.78. The van der Waals surface area contributed by atoms with Crippen LogP contribution in [0.3, 0.4) is 0 Å². The number of aldehydes is 1. The predicted octanol–water partition coefficient (Wildman–Crippen LogP) is 6.25. The average Bonchev–Trinajstić information content (AvgIpc) is 3.70. The molecule has 1 N–H and O–H groups in total. The van der Waals surface area contributed by atoms with Crippen molar-refractivity contribution in [1.82, 2.24) is 9.47 Å². The van der Waals surface area contributed by atoms with Gasteiger partial charge in [0.05, 0.1) is 15.9 Å². The van der Waals surface area contributed by atoms with Crippen molar-refractivity contribution in [3.63, 3.8) is 0 Å². The molecule has 0 spiro atoms. The molecule has 0 amide bonds. The molecule has 5 rings (SSSR count). The number of aliphatic carboxylic acids is 1. The third kappa shape index (κ3) is 5.29. The molecule has 1 saturated carbocycles. The maximum Gasteiger partial charge on any atom is 0.347 e. The molecule has 4 aromatic rings. The summed E-state index contributed by atoms with van der Waals surface area (Å²) < 4.78 is 8.78. The molecule has 3 aromatic heterocycles. The topological polar surface area (TPSA) is 71.8 Å². The molecule has 1 aliphatic rings. The van der Waals surface area contributed by atoms with E-state index >= 15 is 0 Å². The highest BCUT2D eigenvalue weighted by Crippen LogP contribution is 2.42. The number of carbonyl (C=O) groups is 2.